The van der Waals surface area contributed by atoms with Crippen LogP contribution in [0.3, 0.4) is 0 Å². The van der Waals surface area contributed by atoms with Gasteiger partial charge in [-0.15, -0.1) is 11.3 Å². The minimum absolute atomic E-state index is 0.149. The Hall–Kier alpha value is -1.65. The second kappa shape index (κ2) is 5.33. The molecule has 2 aromatic rings. The molecule has 2 N–H and O–H groups in total. The highest BCUT2D eigenvalue weighted by Gasteiger charge is 2.19. The number of aliphatic hydroxyl groups is 1. The number of carboxylic acids is 1. The highest BCUT2D eigenvalue weighted by Crippen LogP contribution is 2.30. The van der Waals surface area contributed by atoms with Crippen LogP contribution in [0.1, 0.15) is 38.7 Å². The molecule has 0 aliphatic rings. The monoisotopic (exact) mass is 262 g/mol. The molecule has 2 rings (SSSR count). The molecule has 4 heteroatoms. The fourth-order valence-electron chi connectivity index (χ4n) is 1.81. The molecular weight excluding hydrogens is 248 g/mol. The van der Waals surface area contributed by atoms with Gasteiger partial charge >= 0.3 is 5.97 Å². The lowest BCUT2D eigenvalue weighted by molar-refractivity contribution is 0.0691. The van der Waals surface area contributed by atoms with E-state index >= 15 is 0 Å². The Kier molecular flexibility index (Phi) is 3.79. The predicted molar refractivity (Wildman–Crippen MR) is 71.2 cm³/mol. The van der Waals surface area contributed by atoms with Crippen LogP contribution in [0.25, 0.3) is 0 Å². The van der Waals surface area contributed by atoms with Crippen molar-refractivity contribution in [2.75, 3.05) is 0 Å². The van der Waals surface area contributed by atoms with Crippen LogP contribution < -0.4 is 0 Å². The summed E-state index contributed by atoms with van der Waals surface area (Å²) in [5.74, 6) is -1.02. The van der Waals surface area contributed by atoms with Crippen molar-refractivity contribution in [2.45, 2.75) is 19.4 Å². The molecule has 0 saturated heterocycles. The first kappa shape index (κ1) is 12.8. The molecule has 0 saturated carbocycles. The summed E-state index contributed by atoms with van der Waals surface area (Å²) in [5, 5.41) is 19.4. The summed E-state index contributed by atoms with van der Waals surface area (Å²) in [7, 11) is 0. The second-order valence-corrected chi connectivity index (χ2v) is 5.15. The summed E-state index contributed by atoms with van der Waals surface area (Å²) in [6.07, 6.45) is 0.0421. The van der Waals surface area contributed by atoms with E-state index in [1.54, 1.807) is 18.2 Å². The molecule has 0 amide bonds. The summed E-state index contributed by atoms with van der Waals surface area (Å²) < 4.78 is 0. The van der Waals surface area contributed by atoms with Gasteiger partial charge in [0.1, 0.15) is 6.10 Å². The van der Waals surface area contributed by atoms with Crippen molar-refractivity contribution in [2.24, 2.45) is 0 Å². The van der Waals surface area contributed by atoms with Gasteiger partial charge in [0.15, 0.2) is 0 Å². The Labute approximate surface area is 109 Å². The summed E-state index contributed by atoms with van der Waals surface area (Å²) >= 11 is 1.51. The van der Waals surface area contributed by atoms with Crippen molar-refractivity contribution in [3.05, 3.63) is 57.3 Å². The Morgan fingerprint density at radius 3 is 2.61 bits per heavy atom. The highest BCUT2D eigenvalue weighted by atomic mass is 32.1. The molecule has 94 valence electrons. The topological polar surface area (TPSA) is 57.5 Å². The number of aromatic carboxylic acids is 1. The lowest BCUT2D eigenvalue weighted by Crippen LogP contribution is -2.06. The number of carboxylic acid groups (broad SMARTS) is 1. The minimum Gasteiger partial charge on any atom is -0.478 e. The smallest absolute Gasteiger partial charge is 0.336 e. The van der Waals surface area contributed by atoms with E-state index in [0.29, 0.717) is 5.56 Å². The molecule has 1 aromatic carbocycles. The third-order valence-corrected chi connectivity index (χ3v) is 4.07. The number of hydrogen-bond acceptors (Lipinski definition) is 3. The van der Waals surface area contributed by atoms with Crippen LogP contribution in [-0.2, 0) is 6.42 Å². The Bertz CT molecular complexity index is 560. The van der Waals surface area contributed by atoms with E-state index in [1.807, 2.05) is 19.1 Å². The summed E-state index contributed by atoms with van der Waals surface area (Å²) in [6, 6.07) is 10.4. The van der Waals surface area contributed by atoms with Crippen molar-refractivity contribution in [3.63, 3.8) is 0 Å². The van der Waals surface area contributed by atoms with E-state index in [4.69, 9.17) is 5.11 Å². The maximum Gasteiger partial charge on any atom is 0.336 e. The van der Waals surface area contributed by atoms with E-state index in [0.717, 1.165) is 11.3 Å². The van der Waals surface area contributed by atoms with Gasteiger partial charge in [0.2, 0.25) is 0 Å². The van der Waals surface area contributed by atoms with E-state index in [1.165, 1.54) is 22.3 Å². The molecule has 18 heavy (non-hydrogen) atoms. The van der Waals surface area contributed by atoms with Gasteiger partial charge in [-0.2, -0.15) is 0 Å². The summed E-state index contributed by atoms with van der Waals surface area (Å²) in [5.41, 5.74) is 0.589. The third-order valence-electron chi connectivity index (χ3n) is 2.79. The van der Waals surface area contributed by atoms with Gasteiger partial charge in [0, 0.05) is 15.3 Å². The minimum atomic E-state index is -1.02. The van der Waals surface area contributed by atoms with Gasteiger partial charge in [-0.3, -0.25) is 0 Å². The average molecular weight is 262 g/mol. The highest BCUT2D eigenvalue weighted by molar-refractivity contribution is 7.12. The summed E-state index contributed by atoms with van der Waals surface area (Å²) in [6.45, 7) is 2.05. The first-order valence-electron chi connectivity index (χ1n) is 5.72. The second-order valence-electron chi connectivity index (χ2n) is 3.95. The van der Waals surface area contributed by atoms with Crippen molar-refractivity contribution < 1.29 is 15.0 Å². The van der Waals surface area contributed by atoms with Crippen LogP contribution in [0.15, 0.2) is 36.4 Å². The lowest BCUT2D eigenvalue weighted by atomic mass is 10.0. The Balaban J connectivity index is 2.39. The number of carbonyl (C=O) groups is 1. The SMILES string of the molecule is CCc1ccc([C@H](O)c2ccccc2C(=O)O)s1. The van der Waals surface area contributed by atoms with E-state index < -0.39 is 12.1 Å². The van der Waals surface area contributed by atoms with Gasteiger partial charge in [0.25, 0.3) is 0 Å². The molecular formula is C14H14O3S. The average Bonchev–Trinajstić information content (AvgIpc) is 2.86. The van der Waals surface area contributed by atoms with Gasteiger partial charge in [-0.1, -0.05) is 25.1 Å². The van der Waals surface area contributed by atoms with Crippen molar-refractivity contribution >= 4 is 17.3 Å². The maximum atomic E-state index is 11.1. The molecule has 0 fully saturated rings. The zero-order valence-corrected chi connectivity index (χ0v) is 10.8. The largest absolute Gasteiger partial charge is 0.478 e. The Morgan fingerprint density at radius 1 is 1.28 bits per heavy atom. The van der Waals surface area contributed by atoms with Crippen molar-refractivity contribution in [1.29, 1.82) is 0 Å². The molecule has 0 bridgehead atoms. The van der Waals surface area contributed by atoms with Crippen LogP contribution in [0.5, 0.6) is 0 Å². The number of benzene rings is 1. The molecule has 0 unspecified atom stereocenters. The molecule has 1 atom stereocenters. The molecule has 1 aromatic heterocycles. The quantitative estimate of drug-likeness (QED) is 0.890. The zero-order chi connectivity index (χ0) is 13.1. The number of rotatable bonds is 4. The van der Waals surface area contributed by atoms with E-state index in [9.17, 15) is 9.90 Å². The first-order valence-corrected chi connectivity index (χ1v) is 6.54. The number of aryl methyl sites for hydroxylation is 1. The van der Waals surface area contributed by atoms with Crippen molar-refractivity contribution in [1.82, 2.24) is 0 Å². The number of aliphatic hydroxyl groups excluding tert-OH is 1. The van der Waals surface area contributed by atoms with Gasteiger partial charge in [-0.05, 0) is 24.6 Å². The predicted octanol–water partition coefficient (Wildman–Crippen LogP) is 3.09. The summed E-state index contributed by atoms with van der Waals surface area (Å²) in [4.78, 5) is 13.1. The number of hydrogen-bond donors (Lipinski definition) is 2. The standard InChI is InChI=1S/C14H14O3S/c1-2-9-7-8-12(18-9)13(15)10-5-3-4-6-11(10)14(16)17/h3-8,13,15H,2H2,1H3,(H,16,17)/t13-/m1/s1. The van der Waals surface area contributed by atoms with Gasteiger partial charge in [-0.25, -0.2) is 4.79 Å². The molecule has 1 heterocycles. The van der Waals surface area contributed by atoms with Crippen LogP contribution in [-0.4, -0.2) is 16.2 Å². The fraction of sp³-hybridized carbons (Fsp3) is 0.214. The molecule has 0 radical (unpaired) electrons. The molecule has 3 nitrogen and oxygen atoms in total. The van der Waals surface area contributed by atoms with Crippen LogP contribution in [0, 0.1) is 0 Å². The number of thiophene rings is 1. The lowest BCUT2D eigenvalue weighted by Gasteiger charge is -2.11. The van der Waals surface area contributed by atoms with Crippen LogP contribution in [0.4, 0.5) is 0 Å². The molecule has 0 spiro atoms. The Morgan fingerprint density at radius 2 is 2.00 bits per heavy atom. The molecule has 0 aliphatic heterocycles. The van der Waals surface area contributed by atoms with Crippen molar-refractivity contribution in [3.8, 4) is 0 Å². The molecule has 0 aliphatic carbocycles. The zero-order valence-electron chi connectivity index (χ0n) is 9.96. The maximum absolute atomic E-state index is 11.1. The van der Waals surface area contributed by atoms with Crippen LogP contribution in [0.2, 0.25) is 0 Å². The van der Waals surface area contributed by atoms with Gasteiger partial charge in [0.05, 0.1) is 5.56 Å². The first-order chi connectivity index (χ1) is 8.63. The van der Waals surface area contributed by atoms with E-state index in [-0.39, 0.29) is 5.56 Å². The fourth-order valence-corrected chi connectivity index (χ4v) is 2.77. The van der Waals surface area contributed by atoms with E-state index in [2.05, 4.69) is 0 Å². The van der Waals surface area contributed by atoms with Crippen LogP contribution >= 0.6 is 11.3 Å². The third kappa shape index (κ3) is 2.44. The van der Waals surface area contributed by atoms with Gasteiger partial charge < -0.3 is 10.2 Å². The normalized spacial score (nSPS) is 12.3.